The lowest BCUT2D eigenvalue weighted by Crippen LogP contribution is -2.19. The van der Waals surface area contributed by atoms with Gasteiger partial charge >= 0.3 is 0 Å². The normalized spacial score (nSPS) is 13.8. The summed E-state index contributed by atoms with van der Waals surface area (Å²) < 4.78 is 0. The number of phenols is 1. The number of hydrogen-bond acceptors (Lipinski definition) is 3. The molecule has 1 aromatic rings. The molecule has 0 fully saturated rings. The highest BCUT2D eigenvalue weighted by Crippen LogP contribution is 2.37. The predicted octanol–water partition coefficient (Wildman–Crippen LogP) is 2.25. The van der Waals surface area contributed by atoms with Gasteiger partial charge in [0.25, 0.3) is 0 Å². The second-order valence-corrected chi connectivity index (χ2v) is 5.52. The molecule has 0 heterocycles. The van der Waals surface area contributed by atoms with Crippen molar-refractivity contribution in [3.63, 3.8) is 0 Å². The maximum atomic E-state index is 10.3. The number of aryl methyl sites for hydroxylation is 1. The van der Waals surface area contributed by atoms with Gasteiger partial charge in [0.15, 0.2) is 0 Å². The van der Waals surface area contributed by atoms with Crippen LogP contribution in [0, 0.1) is 6.92 Å². The van der Waals surface area contributed by atoms with E-state index in [1.54, 1.807) is 7.05 Å². The topological polar surface area (TPSA) is 52.5 Å². The molecular weight excluding hydrogens is 214 g/mol. The summed E-state index contributed by atoms with van der Waals surface area (Å²) in [4.78, 5) is 0. The van der Waals surface area contributed by atoms with Crippen LogP contribution < -0.4 is 5.32 Å². The van der Waals surface area contributed by atoms with Gasteiger partial charge in [-0.05, 0) is 30.5 Å². The van der Waals surface area contributed by atoms with Crippen molar-refractivity contribution >= 4 is 0 Å². The van der Waals surface area contributed by atoms with Crippen molar-refractivity contribution in [3.05, 3.63) is 28.8 Å². The summed E-state index contributed by atoms with van der Waals surface area (Å²) in [6, 6.07) is 3.88. The van der Waals surface area contributed by atoms with Gasteiger partial charge in [-0.25, -0.2) is 0 Å². The van der Waals surface area contributed by atoms with Crippen molar-refractivity contribution < 1.29 is 10.2 Å². The Balaban J connectivity index is 3.30. The number of benzene rings is 1. The lowest BCUT2D eigenvalue weighted by molar-refractivity contribution is 0.172. The first-order chi connectivity index (χ1) is 7.79. The minimum absolute atomic E-state index is 0.133. The van der Waals surface area contributed by atoms with Gasteiger partial charge in [-0.15, -0.1) is 0 Å². The summed E-state index contributed by atoms with van der Waals surface area (Å²) in [5.74, 6) is 0.222. The molecule has 0 bridgehead atoms. The minimum Gasteiger partial charge on any atom is -0.507 e. The summed E-state index contributed by atoms with van der Waals surface area (Å²) in [7, 11) is 1.78. The zero-order valence-electron chi connectivity index (χ0n) is 11.3. The average Bonchev–Trinajstić information content (AvgIpc) is 2.15. The molecule has 0 aliphatic heterocycles. The average molecular weight is 237 g/mol. The number of rotatable bonds is 3. The van der Waals surface area contributed by atoms with Gasteiger partial charge < -0.3 is 15.5 Å². The van der Waals surface area contributed by atoms with Crippen molar-refractivity contribution in [2.45, 2.75) is 39.2 Å². The summed E-state index contributed by atoms with van der Waals surface area (Å²) in [5.41, 5.74) is 2.28. The Labute approximate surface area is 103 Å². The highest BCUT2D eigenvalue weighted by atomic mass is 16.3. The van der Waals surface area contributed by atoms with E-state index in [1.165, 1.54) is 0 Å². The van der Waals surface area contributed by atoms with Gasteiger partial charge in [0.05, 0.1) is 6.10 Å². The molecule has 0 spiro atoms. The molecule has 96 valence electrons. The van der Waals surface area contributed by atoms with Crippen LogP contribution in [-0.4, -0.2) is 23.8 Å². The fourth-order valence-electron chi connectivity index (χ4n) is 2.03. The van der Waals surface area contributed by atoms with E-state index in [2.05, 4.69) is 5.32 Å². The quantitative estimate of drug-likeness (QED) is 0.755. The van der Waals surface area contributed by atoms with Crippen molar-refractivity contribution in [1.82, 2.24) is 5.32 Å². The van der Waals surface area contributed by atoms with Gasteiger partial charge in [0.2, 0.25) is 0 Å². The van der Waals surface area contributed by atoms with Gasteiger partial charge in [-0.2, -0.15) is 0 Å². The molecule has 0 saturated carbocycles. The predicted molar refractivity (Wildman–Crippen MR) is 70.4 cm³/mol. The minimum atomic E-state index is -0.678. The Kier molecular flexibility index (Phi) is 4.17. The number of likely N-dealkylation sites (N-methyl/N-ethyl adjacent to an activating group) is 1. The Morgan fingerprint density at radius 2 is 1.88 bits per heavy atom. The first kappa shape index (κ1) is 14.0. The number of aliphatic hydroxyl groups excluding tert-OH is 1. The fraction of sp³-hybridized carbons (Fsp3) is 0.571. The van der Waals surface area contributed by atoms with E-state index < -0.39 is 6.10 Å². The summed E-state index contributed by atoms with van der Waals surface area (Å²) in [5, 5.41) is 23.3. The number of hydrogen-bond donors (Lipinski definition) is 3. The van der Waals surface area contributed by atoms with Gasteiger partial charge in [0.1, 0.15) is 5.75 Å². The zero-order valence-corrected chi connectivity index (χ0v) is 11.3. The largest absolute Gasteiger partial charge is 0.507 e. The van der Waals surface area contributed by atoms with Gasteiger partial charge in [-0.3, -0.25) is 0 Å². The second kappa shape index (κ2) is 5.07. The molecular formula is C14H23NO2. The Bertz CT molecular complexity index is 394. The molecule has 1 unspecified atom stereocenters. The zero-order chi connectivity index (χ0) is 13.2. The van der Waals surface area contributed by atoms with Crippen molar-refractivity contribution in [2.75, 3.05) is 13.6 Å². The molecule has 0 radical (unpaired) electrons. The maximum Gasteiger partial charge on any atom is 0.125 e. The molecule has 1 atom stereocenters. The molecule has 0 aliphatic rings. The van der Waals surface area contributed by atoms with Crippen LogP contribution in [-0.2, 0) is 5.41 Å². The monoisotopic (exact) mass is 237 g/mol. The molecule has 0 aromatic heterocycles. The molecule has 3 nitrogen and oxygen atoms in total. The van der Waals surface area contributed by atoms with Crippen LogP contribution in [0.25, 0.3) is 0 Å². The van der Waals surface area contributed by atoms with E-state index in [-0.39, 0.29) is 11.2 Å². The van der Waals surface area contributed by atoms with Gasteiger partial charge in [0, 0.05) is 12.1 Å². The number of aliphatic hydroxyl groups is 1. The highest BCUT2D eigenvalue weighted by Gasteiger charge is 2.23. The van der Waals surface area contributed by atoms with E-state index >= 15 is 0 Å². The number of phenolic OH excluding ortho intramolecular Hbond substituents is 1. The molecule has 0 amide bonds. The van der Waals surface area contributed by atoms with Crippen LogP contribution in [0.2, 0.25) is 0 Å². The Morgan fingerprint density at radius 1 is 1.29 bits per heavy atom. The third-order valence-corrected chi connectivity index (χ3v) is 2.97. The fourth-order valence-corrected chi connectivity index (χ4v) is 2.03. The summed E-state index contributed by atoms with van der Waals surface area (Å²) in [6.07, 6.45) is -0.678. The third-order valence-electron chi connectivity index (χ3n) is 2.97. The molecule has 1 aromatic carbocycles. The molecule has 0 aliphatic carbocycles. The molecule has 17 heavy (non-hydrogen) atoms. The Morgan fingerprint density at radius 3 is 2.35 bits per heavy atom. The van der Waals surface area contributed by atoms with Crippen LogP contribution >= 0.6 is 0 Å². The van der Waals surface area contributed by atoms with Crippen LogP contribution in [0.1, 0.15) is 43.6 Å². The van der Waals surface area contributed by atoms with E-state index in [9.17, 15) is 10.2 Å². The van der Waals surface area contributed by atoms with Crippen molar-refractivity contribution in [2.24, 2.45) is 0 Å². The number of nitrogens with one attached hydrogen (secondary N) is 1. The maximum absolute atomic E-state index is 10.3. The SMILES string of the molecule is CNCC(O)c1c(C)ccc(C(C)(C)C)c1O. The molecule has 1 rings (SSSR count). The summed E-state index contributed by atoms with van der Waals surface area (Å²) >= 11 is 0. The second-order valence-electron chi connectivity index (χ2n) is 5.52. The third kappa shape index (κ3) is 2.99. The van der Waals surface area contributed by atoms with Crippen LogP contribution in [0.4, 0.5) is 0 Å². The molecule has 0 saturated heterocycles. The first-order valence-electron chi connectivity index (χ1n) is 5.94. The highest BCUT2D eigenvalue weighted by molar-refractivity contribution is 5.49. The molecule has 3 N–H and O–H groups in total. The van der Waals surface area contributed by atoms with Crippen LogP contribution in [0.5, 0.6) is 5.75 Å². The van der Waals surface area contributed by atoms with E-state index in [4.69, 9.17) is 0 Å². The first-order valence-corrected chi connectivity index (χ1v) is 5.94. The van der Waals surface area contributed by atoms with E-state index in [0.717, 1.165) is 11.1 Å². The van der Waals surface area contributed by atoms with E-state index in [0.29, 0.717) is 12.1 Å². The summed E-state index contributed by atoms with van der Waals surface area (Å²) in [6.45, 7) is 8.48. The smallest absolute Gasteiger partial charge is 0.125 e. The van der Waals surface area contributed by atoms with Crippen LogP contribution in [0.3, 0.4) is 0 Å². The lowest BCUT2D eigenvalue weighted by atomic mass is 9.83. The number of aromatic hydroxyl groups is 1. The standard InChI is InChI=1S/C14H23NO2/c1-9-6-7-10(14(2,3)4)13(17)12(9)11(16)8-15-5/h6-7,11,15-17H,8H2,1-5H3. The van der Waals surface area contributed by atoms with Gasteiger partial charge in [-0.1, -0.05) is 32.9 Å². The van der Waals surface area contributed by atoms with E-state index in [1.807, 2.05) is 39.8 Å². The Hall–Kier alpha value is -1.06. The lowest BCUT2D eigenvalue weighted by Gasteiger charge is -2.24. The van der Waals surface area contributed by atoms with Crippen molar-refractivity contribution in [1.29, 1.82) is 0 Å². The molecule has 3 heteroatoms. The van der Waals surface area contributed by atoms with Crippen molar-refractivity contribution in [3.8, 4) is 5.75 Å². The van der Waals surface area contributed by atoms with Crippen LogP contribution in [0.15, 0.2) is 12.1 Å².